The summed E-state index contributed by atoms with van der Waals surface area (Å²) in [5, 5.41) is 3.72. The zero-order valence-corrected chi connectivity index (χ0v) is 18.3. The maximum absolute atomic E-state index is 13.0. The van der Waals surface area contributed by atoms with Crippen LogP contribution in [-0.2, 0) is 19.9 Å². The maximum atomic E-state index is 13.0. The number of nitrogens with one attached hydrogen (secondary N) is 3. The fourth-order valence-corrected chi connectivity index (χ4v) is 5.53. The number of amides is 2. The number of aromatic nitrogens is 2. The van der Waals surface area contributed by atoms with Gasteiger partial charge < -0.3 is 19.7 Å². The molecule has 2 amide bonds. The normalized spacial score (nSPS) is 17.8. The molecule has 2 aliphatic heterocycles. The lowest BCUT2D eigenvalue weighted by Crippen LogP contribution is -2.40. The minimum atomic E-state index is -4.62. The summed E-state index contributed by atoms with van der Waals surface area (Å²) in [5.41, 5.74) is 0. The molecule has 0 saturated carbocycles. The van der Waals surface area contributed by atoms with E-state index in [0.29, 0.717) is 0 Å². The topological polar surface area (TPSA) is 169 Å². The Hall–Kier alpha value is -3.33. The molecular formula is C16H20N6O7S2. The number of nitrogens with zero attached hydrogens (tertiary/aromatic N) is 3. The van der Waals surface area contributed by atoms with Gasteiger partial charge in [0, 0.05) is 6.20 Å². The number of rotatable bonds is 7. The monoisotopic (exact) mass is 472 g/mol. The molecule has 1 aromatic heterocycles. The van der Waals surface area contributed by atoms with Crippen molar-refractivity contribution >= 4 is 31.8 Å². The summed E-state index contributed by atoms with van der Waals surface area (Å²) in [4.78, 5) is 21.3. The Morgan fingerprint density at radius 3 is 2.39 bits per heavy atom. The van der Waals surface area contributed by atoms with Crippen LogP contribution in [0.5, 0.6) is 11.8 Å². The first-order valence-corrected chi connectivity index (χ1v) is 11.9. The molecule has 3 rings (SSSR count). The lowest BCUT2D eigenvalue weighted by atomic mass is 10.3. The van der Waals surface area contributed by atoms with Crippen LogP contribution in [0.15, 0.2) is 40.6 Å². The van der Waals surface area contributed by atoms with Crippen molar-refractivity contribution in [2.45, 2.75) is 13.1 Å². The molecule has 1 unspecified atom stereocenters. The van der Waals surface area contributed by atoms with Crippen LogP contribution < -0.4 is 24.8 Å². The van der Waals surface area contributed by atoms with Gasteiger partial charge in [-0.2, -0.15) is 18.4 Å². The lowest BCUT2D eigenvalue weighted by Gasteiger charge is -2.24. The van der Waals surface area contributed by atoms with Gasteiger partial charge in [0.2, 0.25) is 17.7 Å². The van der Waals surface area contributed by atoms with Crippen molar-refractivity contribution in [2.24, 2.45) is 0 Å². The summed E-state index contributed by atoms with van der Waals surface area (Å²) in [5.74, 6) is -0.497. The van der Waals surface area contributed by atoms with Crippen molar-refractivity contribution in [1.29, 1.82) is 0 Å². The van der Waals surface area contributed by atoms with Gasteiger partial charge in [-0.3, -0.25) is 5.32 Å². The average Bonchev–Trinajstić information content (AvgIpc) is 3.14. The van der Waals surface area contributed by atoms with Gasteiger partial charge in [-0.05, 0) is 12.2 Å². The van der Waals surface area contributed by atoms with E-state index in [1.54, 1.807) is 16.9 Å². The van der Waals surface area contributed by atoms with E-state index in [1.807, 2.05) is 0 Å². The molecular weight excluding hydrogens is 452 g/mol. The Balaban J connectivity index is 1.91. The Morgan fingerprint density at radius 2 is 1.81 bits per heavy atom. The first kappa shape index (κ1) is 22.4. The zero-order chi connectivity index (χ0) is 22.8. The quantitative estimate of drug-likeness (QED) is 0.481. The van der Waals surface area contributed by atoms with E-state index in [4.69, 9.17) is 9.47 Å². The molecule has 2 aliphatic rings. The summed E-state index contributed by atoms with van der Waals surface area (Å²) in [6, 6.07) is 0.142. The van der Waals surface area contributed by atoms with Gasteiger partial charge in [-0.15, -0.1) is 0 Å². The summed E-state index contributed by atoms with van der Waals surface area (Å²) < 4.78 is 62.6. The molecule has 13 nitrogen and oxygen atoms in total. The van der Waals surface area contributed by atoms with Gasteiger partial charge >= 0.3 is 6.03 Å². The first-order chi connectivity index (χ1) is 14.6. The van der Waals surface area contributed by atoms with E-state index in [1.165, 1.54) is 44.4 Å². The van der Waals surface area contributed by atoms with E-state index in [2.05, 4.69) is 20.6 Å². The highest BCUT2D eigenvalue weighted by Crippen LogP contribution is 2.30. The van der Waals surface area contributed by atoms with E-state index in [0.717, 1.165) is 0 Å². The van der Waals surface area contributed by atoms with Crippen LogP contribution in [-0.4, -0.2) is 63.9 Å². The molecule has 15 heteroatoms. The molecule has 168 valence electrons. The predicted octanol–water partition coefficient (Wildman–Crippen LogP) is -0.179. The number of allylic oxidation sites excluding steroid dienone is 2. The number of fused-ring (bicyclic) bond motifs is 1. The molecule has 0 saturated heterocycles. The summed E-state index contributed by atoms with van der Waals surface area (Å²) >= 11 is 0. The molecule has 1 atom stereocenters. The summed E-state index contributed by atoms with van der Waals surface area (Å²) in [7, 11) is -5.90. The molecule has 31 heavy (non-hydrogen) atoms. The zero-order valence-electron chi connectivity index (χ0n) is 16.7. The standard InChI is InChI=1S/C16H20N6O7S2/c1-4-30(24,25)13-14(22-8-6-5-7-10(22)17-13)31(26,27)21-16(23)20-15-18-11(28-2)9-12(19-15)29-3/h5-10,17H,4H2,1-3H3,(H2,18,19,20,21,23). The number of hydrogen-bond acceptors (Lipinski definition) is 11. The molecule has 0 fully saturated rings. The van der Waals surface area contributed by atoms with Gasteiger partial charge in [-0.25, -0.2) is 17.9 Å². The summed E-state index contributed by atoms with van der Waals surface area (Å²) in [6.07, 6.45) is 5.39. The largest absolute Gasteiger partial charge is 0.481 e. The number of sulfone groups is 1. The molecule has 1 aromatic rings. The van der Waals surface area contributed by atoms with Crippen LogP contribution in [0.1, 0.15) is 6.92 Å². The Kier molecular flexibility index (Phi) is 6.08. The second-order valence-electron chi connectivity index (χ2n) is 6.10. The van der Waals surface area contributed by atoms with Crippen LogP contribution in [0.25, 0.3) is 0 Å². The Bertz CT molecular complexity index is 1170. The van der Waals surface area contributed by atoms with Crippen LogP contribution in [0, 0.1) is 0 Å². The van der Waals surface area contributed by atoms with Gasteiger partial charge in [0.25, 0.3) is 10.0 Å². The highest BCUT2D eigenvalue weighted by molar-refractivity contribution is 7.98. The second-order valence-corrected chi connectivity index (χ2v) is 9.91. The first-order valence-electron chi connectivity index (χ1n) is 8.79. The molecule has 3 heterocycles. The lowest BCUT2D eigenvalue weighted by molar-refractivity contribution is 0.256. The molecule has 0 aliphatic carbocycles. The smallest absolute Gasteiger partial charge is 0.335 e. The third-order valence-electron chi connectivity index (χ3n) is 4.15. The van der Waals surface area contributed by atoms with Crippen molar-refractivity contribution in [3.05, 3.63) is 40.6 Å². The molecule has 3 N–H and O–H groups in total. The highest BCUT2D eigenvalue weighted by Gasteiger charge is 2.42. The molecule has 0 bridgehead atoms. The number of methoxy groups -OCH3 is 2. The Labute approximate surface area is 178 Å². The summed E-state index contributed by atoms with van der Waals surface area (Å²) in [6.45, 7) is 1.38. The number of sulfonamides is 1. The minimum Gasteiger partial charge on any atom is -0.481 e. The fraction of sp³-hybridized carbons (Fsp3) is 0.312. The SMILES string of the molecule is CCS(=O)(=O)C1=C(S(=O)(=O)NC(=O)Nc2nc(OC)cc(OC)n2)N2C=CC=CC2N1. The van der Waals surface area contributed by atoms with Crippen molar-refractivity contribution < 1.29 is 31.1 Å². The fourth-order valence-electron chi connectivity index (χ4n) is 2.72. The van der Waals surface area contributed by atoms with Crippen molar-refractivity contribution in [2.75, 3.05) is 25.3 Å². The van der Waals surface area contributed by atoms with Crippen LogP contribution >= 0.6 is 0 Å². The predicted molar refractivity (Wildman–Crippen MR) is 110 cm³/mol. The number of hydrogen-bond donors (Lipinski definition) is 3. The van der Waals surface area contributed by atoms with Crippen molar-refractivity contribution in [1.82, 2.24) is 24.9 Å². The second kappa shape index (κ2) is 8.43. The van der Waals surface area contributed by atoms with Gasteiger partial charge in [0.15, 0.2) is 19.9 Å². The molecule has 0 spiro atoms. The average molecular weight is 473 g/mol. The van der Waals surface area contributed by atoms with Gasteiger partial charge in [0.1, 0.15) is 6.17 Å². The number of carbonyl (C=O) groups is 1. The number of carbonyl (C=O) groups excluding carboxylic acids is 1. The van der Waals surface area contributed by atoms with Crippen LogP contribution in [0.3, 0.4) is 0 Å². The third-order valence-corrected chi connectivity index (χ3v) is 7.35. The maximum Gasteiger partial charge on any atom is 0.335 e. The number of ether oxygens (including phenoxy) is 2. The molecule has 0 radical (unpaired) electrons. The van der Waals surface area contributed by atoms with Gasteiger partial charge in [-0.1, -0.05) is 13.0 Å². The third kappa shape index (κ3) is 4.56. The van der Waals surface area contributed by atoms with E-state index in [9.17, 15) is 21.6 Å². The molecule has 0 aromatic carbocycles. The Morgan fingerprint density at radius 1 is 1.16 bits per heavy atom. The number of urea groups is 1. The van der Waals surface area contributed by atoms with Gasteiger partial charge in [0.05, 0.1) is 26.0 Å². The van der Waals surface area contributed by atoms with E-state index >= 15 is 0 Å². The highest BCUT2D eigenvalue weighted by atomic mass is 32.2. The minimum absolute atomic E-state index is 0.0668. The number of anilines is 1. The van der Waals surface area contributed by atoms with E-state index < -0.39 is 42.1 Å². The van der Waals surface area contributed by atoms with Crippen molar-refractivity contribution in [3.8, 4) is 11.8 Å². The van der Waals surface area contributed by atoms with E-state index in [-0.39, 0.29) is 23.5 Å². The van der Waals surface area contributed by atoms with Crippen LogP contribution in [0.2, 0.25) is 0 Å². The van der Waals surface area contributed by atoms with Crippen LogP contribution in [0.4, 0.5) is 10.7 Å². The van der Waals surface area contributed by atoms with Crippen molar-refractivity contribution in [3.63, 3.8) is 0 Å².